The zero-order valence-electron chi connectivity index (χ0n) is 22.3. The lowest BCUT2D eigenvalue weighted by molar-refractivity contribution is -0.121. The molecule has 1 unspecified atom stereocenters. The van der Waals surface area contributed by atoms with Gasteiger partial charge in [0.05, 0.1) is 17.7 Å². The lowest BCUT2D eigenvalue weighted by Crippen LogP contribution is -2.48. The minimum atomic E-state index is -0.936. The number of benzene rings is 4. The van der Waals surface area contributed by atoms with E-state index >= 15 is 0 Å². The highest BCUT2D eigenvalue weighted by Crippen LogP contribution is 2.36. The van der Waals surface area contributed by atoms with Crippen LogP contribution in [0.5, 0.6) is 0 Å². The van der Waals surface area contributed by atoms with Crippen molar-refractivity contribution >= 4 is 35.2 Å². The predicted molar refractivity (Wildman–Crippen MR) is 154 cm³/mol. The number of nitrogens with zero attached hydrogens (tertiary/aromatic N) is 1. The molecule has 1 saturated heterocycles. The van der Waals surface area contributed by atoms with Crippen LogP contribution >= 0.6 is 0 Å². The second-order valence-electron chi connectivity index (χ2n) is 10.0. The van der Waals surface area contributed by atoms with Crippen molar-refractivity contribution in [3.63, 3.8) is 0 Å². The third-order valence-electron chi connectivity index (χ3n) is 7.35. The summed E-state index contributed by atoms with van der Waals surface area (Å²) in [6.45, 7) is -0.419. The third kappa shape index (κ3) is 5.21. The molecule has 1 fully saturated rings. The summed E-state index contributed by atoms with van der Waals surface area (Å²) in [6, 6.07) is 26.9. The smallest absolute Gasteiger partial charge is 0.338 e. The highest BCUT2D eigenvalue weighted by atomic mass is 16.5. The largest absolute Gasteiger partial charge is 0.454 e. The highest BCUT2D eigenvalue weighted by Gasteiger charge is 2.39. The van der Waals surface area contributed by atoms with Crippen LogP contribution in [-0.2, 0) is 20.7 Å². The number of nitrogens with one attached hydrogen (secondary N) is 2. The van der Waals surface area contributed by atoms with E-state index < -0.39 is 36.3 Å². The third-order valence-corrected chi connectivity index (χ3v) is 7.35. The van der Waals surface area contributed by atoms with Crippen molar-refractivity contribution in [2.75, 3.05) is 11.5 Å². The van der Waals surface area contributed by atoms with Gasteiger partial charge >= 0.3 is 5.97 Å². The molecular formula is C33H25N3O6. The van der Waals surface area contributed by atoms with Crippen LogP contribution in [0, 0.1) is 0 Å². The molecule has 9 nitrogen and oxygen atoms in total. The van der Waals surface area contributed by atoms with Crippen LogP contribution in [0.25, 0.3) is 11.1 Å². The van der Waals surface area contributed by atoms with Gasteiger partial charge < -0.3 is 4.74 Å². The van der Waals surface area contributed by atoms with Gasteiger partial charge in [0.2, 0.25) is 5.91 Å². The number of ether oxygens (including phenoxy) is 1. The number of imide groups is 1. The fourth-order valence-corrected chi connectivity index (χ4v) is 5.19. The number of anilines is 1. The number of ketones is 1. The monoisotopic (exact) mass is 559 g/mol. The molecule has 1 atom stereocenters. The lowest BCUT2D eigenvalue weighted by atomic mass is 10.0. The molecule has 4 aromatic carbocycles. The van der Waals surface area contributed by atoms with E-state index in [4.69, 9.17) is 4.74 Å². The number of hydrazine groups is 1. The molecule has 1 aliphatic heterocycles. The molecule has 0 spiro atoms. The van der Waals surface area contributed by atoms with E-state index in [1.54, 1.807) is 36.4 Å². The summed E-state index contributed by atoms with van der Waals surface area (Å²) < 4.78 is 5.25. The van der Waals surface area contributed by atoms with E-state index in [1.165, 1.54) is 35.4 Å². The number of carbonyl (C=O) groups is 5. The second-order valence-corrected chi connectivity index (χ2v) is 10.0. The quantitative estimate of drug-likeness (QED) is 0.128. The van der Waals surface area contributed by atoms with Gasteiger partial charge in [0.1, 0.15) is 6.04 Å². The lowest BCUT2D eigenvalue weighted by Gasteiger charge is -2.16. The number of amides is 3. The molecule has 6 rings (SSSR count). The van der Waals surface area contributed by atoms with Gasteiger partial charge in [-0.2, -0.15) is 0 Å². The van der Waals surface area contributed by atoms with Crippen LogP contribution in [0.1, 0.15) is 48.6 Å². The van der Waals surface area contributed by atoms with E-state index in [0.717, 1.165) is 22.4 Å². The first kappa shape index (κ1) is 26.8. The van der Waals surface area contributed by atoms with E-state index in [2.05, 4.69) is 23.0 Å². The number of fused-ring (bicyclic) bond motifs is 3. The SMILES string of the molecule is O=C(COC(=O)c1ccc(N2C(=O)CC(NNC(=O)c3ccccc3)C2=O)cc1)c1ccc2c(c1)Cc1ccccc1-2. The van der Waals surface area contributed by atoms with E-state index in [0.29, 0.717) is 11.1 Å². The Balaban J connectivity index is 1.04. The maximum Gasteiger partial charge on any atom is 0.338 e. The number of Topliss-reactive ketones (excluding diaryl/α,β-unsaturated/α-hetero) is 1. The van der Waals surface area contributed by atoms with Crippen LogP contribution in [0.2, 0.25) is 0 Å². The van der Waals surface area contributed by atoms with Crippen molar-refractivity contribution in [3.05, 3.63) is 125 Å². The molecule has 2 aliphatic rings. The van der Waals surface area contributed by atoms with Crippen molar-refractivity contribution < 1.29 is 28.7 Å². The van der Waals surface area contributed by atoms with Crippen molar-refractivity contribution in [1.29, 1.82) is 0 Å². The van der Waals surface area contributed by atoms with E-state index in [-0.39, 0.29) is 23.5 Å². The topological polar surface area (TPSA) is 122 Å². The minimum absolute atomic E-state index is 0.144. The summed E-state index contributed by atoms with van der Waals surface area (Å²) in [5.41, 5.74) is 11.0. The van der Waals surface area contributed by atoms with Gasteiger partial charge in [-0.3, -0.25) is 24.6 Å². The average molecular weight is 560 g/mol. The first-order valence-electron chi connectivity index (χ1n) is 13.4. The number of carbonyl (C=O) groups excluding carboxylic acids is 5. The molecule has 0 bridgehead atoms. The van der Waals surface area contributed by atoms with Crippen molar-refractivity contribution in [2.45, 2.75) is 18.9 Å². The second kappa shape index (κ2) is 11.2. The van der Waals surface area contributed by atoms with Crippen LogP contribution in [0.3, 0.4) is 0 Å². The molecule has 0 aromatic heterocycles. The molecule has 208 valence electrons. The van der Waals surface area contributed by atoms with E-state index in [9.17, 15) is 24.0 Å². The van der Waals surface area contributed by atoms with Crippen LogP contribution in [0.15, 0.2) is 97.1 Å². The standard InChI is InChI=1S/C33H25N3O6/c37-29(23-12-15-27-24(17-23)16-22-8-4-5-9-26(22)27)19-42-33(41)21-10-13-25(14-11-21)36-30(38)18-28(32(36)40)34-35-31(39)20-6-2-1-3-7-20/h1-15,17,28,34H,16,18-19H2,(H,35,39). The number of rotatable bonds is 8. The van der Waals surface area contributed by atoms with Gasteiger partial charge in [-0.1, -0.05) is 54.6 Å². The van der Waals surface area contributed by atoms with Crippen LogP contribution in [-0.4, -0.2) is 42.1 Å². The first-order chi connectivity index (χ1) is 20.4. The summed E-state index contributed by atoms with van der Waals surface area (Å²) in [6.07, 6.45) is 0.606. The van der Waals surface area contributed by atoms with Gasteiger partial charge in [0.15, 0.2) is 12.4 Å². The fourth-order valence-electron chi connectivity index (χ4n) is 5.19. The minimum Gasteiger partial charge on any atom is -0.454 e. The Kier molecular flexibility index (Phi) is 7.16. The fraction of sp³-hybridized carbons (Fsp3) is 0.121. The van der Waals surface area contributed by atoms with Crippen molar-refractivity contribution in [2.24, 2.45) is 0 Å². The Hall–Kier alpha value is -5.41. The first-order valence-corrected chi connectivity index (χ1v) is 13.4. The summed E-state index contributed by atoms with van der Waals surface area (Å²) in [4.78, 5) is 64.1. The molecule has 4 aromatic rings. The van der Waals surface area contributed by atoms with Gasteiger partial charge in [-0.15, -0.1) is 0 Å². The molecule has 2 N–H and O–H groups in total. The maximum absolute atomic E-state index is 12.9. The molecule has 1 aliphatic carbocycles. The number of esters is 1. The molecule has 42 heavy (non-hydrogen) atoms. The normalized spacial score (nSPS) is 15.2. The zero-order valence-corrected chi connectivity index (χ0v) is 22.3. The van der Waals surface area contributed by atoms with Gasteiger partial charge in [-0.05, 0) is 71.1 Å². The van der Waals surface area contributed by atoms with E-state index in [1.807, 2.05) is 24.3 Å². The zero-order chi connectivity index (χ0) is 29.2. The van der Waals surface area contributed by atoms with Crippen LogP contribution in [0.4, 0.5) is 5.69 Å². The Morgan fingerprint density at radius 2 is 1.45 bits per heavy atom. The Bertz CT molecular complexity index is 1730. The predicted octanol–water partition coefficient (Wildman–Crippen LogP) is 3.86. The molecule has 0 saturated carbocycles. The molecular weight excluding hydrogens is 534 g/mol. The maximum atomic E-state index is 12.9. The molecule has 1 heterocycles. The molecule has 9 heteroatoms. The highest BCUT2D eigenvalue weighted by molar-refractivity contribution is 6.22. The summed E-state index contributed by atoms with van der Waals surface area (Å²) in [7, 11) is 0. The Morgan fingerprint density at radius 3 is 2.24 bits per heavy atom. The Morgan fingerprint density at radius 1 is 0.762 bits per heavy atom. The van der Waals surface area contributed by atoms with Gasteiger partial charge in [0.25, 0.3) is 11.8 Å². The van der Waals surface area contributed by atoms with Crippen molar-refractivity contribution in [3.8, 4) is 11.1 Å². The molecule has 0 radical (unpaired) electrons. The number of hydrogen-bond acceptors (Lipinski definition) is 7. The van der Waals surface area contributed by atoms with Gasteiger partial charge in [0, 0.05) is 11.1 Å². The Labute approximate surface area is 241 Å². The summed E-state index contributed by atoms with van der Waals surface area (Å²) in [5, 5.41) is 0. The van der Waals surface area contributed by atoms with Crippen LogP contribution < -0.4 is 15.8 Å². The number of hydrogen-bond donors (Lipinski definition) is 2. The summed E-state index contributed by atoms with van der Waals surface area (Å²) >= 11 is 0. The summed E-state index contributed by atoms with van der Waals surface area (Å²) in [5.74, 6) is -2.44. The van der Waals surface area contributed by atoms with Gasteiger partial charge in [-0.25, -0.2) is 15.1 Å². The van der Waals surface area contributed by atoms with Crippen molar-refractivity contribution in [1.82, 2.24) is 10.9 Å². The average Bonchev–Trinajstić information content (AvgIpc) is 3.54. The molecule has 3 amide bonds.